The molecular formula is C12H26ClIO6S2. The first-order chi connectivity index (χ1) is 9.40. The number of esters is 2. The quantitative estimate of drug-likeness (QED) is 0.303. The lowest BCUT2D eigenvalue weighted by Gasteiger charge is -2.04. The molecule has 2 N–H and O–H groups in total. The van der Waals surface area contributed by atoms with Gasteiger partial charge in [-0.1, -0.05) is 22.6 Å². The summed E-state index contributed by atoms with van der Waals surface area (Å²) >= 11 is 7.26. The second-order valence-electron chi connectivity index (χ2n) is 3.63. The molecule has 0 aliphatic heterocycles. The van der Waals surface area contributed by atoms with Gasteiger partial charge in [0.2, 0.25) is 0 Å². The maximum Gasteiger partial charge on any atom is 0.308 e. The topological polar surface area (TPSA) is 93.1 Å². The molecule has 0 spiro atoms. The summed E-state index contributed by atoms with van der Waals surface area (Å²) in [6, 6.07) is 0. The van der Waals surface area contributed by atoms with Crippen molar-refractivity contribution in [1.82, 2.24) is 0 Å². The van der Waals surface area contributed by atoms with Gasteiger partial charge in [-0.3, -0.25) is 9.59 Å². The summed E-state index contributed by atoms with van der Waals surface area (Å²) in [5.41, 5.74) is 0. The molecule has 0 saturated heterocycles. The highest BCUT2D eigenvalue weighted by Gasteiger charge is 2.09. The van der Waals surface area contributed by atoms with Crippen LogP contribution in [0.3, 0.4) is 0 Å². The van der Waals surface area contributed by atoms with Gasteiger partial charge in [-0.05, 0) is 13.8 Å². The Morgan fingerprint density at radius 1 is 1.00 bits per heavy atom. The molecule has 0 aromatic rings. The number of aliphatic hydroxyl groups excluding tert-OH is 2. The highest BCUT2D eigenvalue weighted by Crippen LogP contribution is 1.98. The molecule has 136 valence electrons. The van der Waals surface area contributed by atoms with Crippen LogP contribution in [0, 0.1) is 0 Å². The Balaban J connectivity index is -0.000000135. The Labute approximate surface area is 164 Å². The van der Waals surface area contributed by atoms with Gasteiger partial charge in [-0.2, -0.15) is 27.0 Å². The molecular weight excluding hydrogens is 467 g/mol. The molecule has 0 heterocycles. The predicted octanol–water partition coefficient (Wildman–Crippen LogP) is 1.50. The summed E-state index contributed by atoms with van der Waals surface area (Å²) in [5, 5.41) is 17.8. The molecule has 0 unspecified atom stereocenters. The van der Waals surface area contributed by atoms with E-state index in [1.54, 1.807) is 13.8 Å². The lowest BCUT2D eigenvalue weighted by Crippen LogP contribution is -2.16. The molecule has 6 nitrogen and oxygen atoms in total. The van der Waals surface area contributed by atoms with E-state index in [1.807, 2.05) is 22.6 Å². The van der Waals surface area contributed by atoms with Crippen LogP contribution in [0.15, 0.2) is 0 Å². The first-order valence-corrected chi connectivity index (χ1v) is 8.26. The van der Waals surface area contributed by atoms with Crippen molar-refractivity contribution < 1.29 is 29.3 Å². The highest BCUT2D eigenvalue weighted by molar-refractivity contribution is 14.1. The van der Waals surface area contributed by atoms with Crippen molar-refractivity contribution in [3.05, 3.63) is 0 Å². The van der Waals surface area contributed by atoms with Gasteiger partial charge in [-0.25, -0.2) is 0 Å². The van der Waals surface area contributed by atoms with Crippen molar-refractivity contribution in [3.63, 3.8) is 0 Å². The van der Waals surface area contributed by atoms with Crippen molar-refractivity contribution in [1.29, 1.82) is 0 Å². The van der Waals surface area contributed by atoms with E-state index < -0.39 is 18.2 Å². The Morgan fingerprint density at radius 3 is 1.64 bits per heavy atom. The Bertz CT molecular complexity index is 248. The van der Waals surface area contributed by atoms with Crippen molar-refractivity contribution >= 4 is 73.1 Å². The third-order valence-electron chi connectivity index (χ3n) is 1.77. The minimum atomic E-state index is -0.777. The van der Waals surface area contributed by atoms with Gasteiger partial charge < -0.3 is 19.7 Å². The highest BCUT2D eigenvalue weighted by atomic mass is 127. The summed E-state index contributed by atoms with van der Waals surface area (Å²) in [4.78, 5) is 21.2. The van der Waals surface area contributed by atoms with E-state index in [9.17, 15) is 9.59 Å². The largest absolute Gasteiger partial charge is 0.466 e. The number of ether oxygens (including phenoxy) is 2. The van der Waals surface area contributed by atoms with Crippen LogP contribution >= 0.6 is 61.2 Å². The first kappa shape index (κ1) is 30.5. The smallest absolute Gasteiger partial charge is 0.308 e. The van der Waals surface area contributed by atoms with E-state index >= 15 is 0 Å². The van der Waals surface area contributed by atoms with E-state index in [1.165, 1.54) is 0 Å². The molecule has 0 amide bonds. The fourth-order valence-electron chi connectivity index (χ4n) is 0.934. The second kappa shape index (κ2) is 21.6. The molecule has 2 atom stereocenters. The predicted molar refractivity (Wildman–Crippen MR) is 105 cm³/mol. The number of halogens is 2. The van der Waals surface area contributed by atoms with Crippen LogP contribution in [0.25, 0.3) is 0 Å². The number of hydrogen-bond acceptors (Lipinski definition) is 6. The summed E-state index contributed by atoms with van der Waals surface area (Å²) in [5.74, 6) is -0.666. The van der Waals surface area contributed by atoms with Crippen molar-refractivity contribution in [2.24, 2.45) is 0 Å². The zero-order valence-electron chi connectivity index (χ0n) is 12.7. The van der Waals surface area contributed by atoms with Gasteiger partial charge in [0.25, 0.3) is 0 Å². The van der Waals surface area contributed by atoms with Crippen molar-refractivity contribution in [2.45, 2.75) is 38.9 Å². The molecule has 0 aliphatic rings. The fourth-order valence-corrected chi connectivity index (χ4v) is 1.35. The maximum absolute atomic E-state index is 10.6. The Morgan fingerprint density at radius 2 is 1.36 bits per heavy atom. The lowest BCUT2D eigenvalue weighted by molar-refractivity contribution is -0.146. The average Bonchev–Trinajstić information content (AvgIpc) is 2.39. The zero-order chi connectivity index (χ0) is 16.0. The molecule has 0 aliphatic carbocycles. The minimum Gasteiger partial charge on any atom is -0.466 e. The summed E-state index contributed by atoms with van der Waals surface area (Å²) in [7, 11) is 0. The van der Waals surface area contributed by atoms with E-state index in [0.717, 1.165) is 0 Å². The maximum atomic E-state index is 10.6. The van der Waals surface area contributed by atoms with Crippen LogP contribution in [0.5, 0.6) is 0 Å². The summed E-state index contributed by atoms with van der Waals surface area (Å²) in [6.07, 6.45) is -1.24. The van der Waals surface area contributed by atoms with Crippen molar-refractivity contribution in [2.75, 3.05) is 23.5 Å². The number of aliphatic hydroxyl groups is 2. The fraction of sp³-hybridized carbons (Fsp3) is 0.833. The molecule has 0 rings (SSSR count). The van der Waals surface area contributed by atoms with Gasteiger partial charge in [0.1, 0.15) is 0 Å². The third-order valence-corrected chi connectivity index (χ3v) is 3.14. The molecule has 10 heteroatoms. The number of alkyl halides is 2. The molecule has 0 radical (unpaired) electrons. The van der Waals surface area contributed by atoms with Gasteiger partial charge in [0.05, 0.1) is 38.3 Å². The number of rotatable bonds is 8. The van der Waals surface area contributed by atoms with Crippen LogP contribution in [-0.2, 0) is 19.1 Å². The Hall–Kier alpha value is 0.580. The molecule has 22 heavy (non-hydrogen) atoms. The standard InChI is InChI=1S/C6H11ClO3.C6H11IO3.2H2S/c2*1-2-10-6(9)3-5(8)4-7;;/h2*5,8H,2-4H2,1H3;2*1H2/t2*5-;;/m00../s1. The minimum absolute atomic E-state index is 0. The van der Waals surface area contributed by atoms with E-state index in [4.69, 9.17) is 21.8 Å². The lowest BCUT2D eigenvalue weighted by atomic mass is 10.3. The molecule has 0 aromatic heterocycles. The SMILES string of the molecule is CCOC(=O)C[C@H](O)CCl.CCOC(=O)C[C@H](O)CI.S.S. The van der Waals surface area contributed by atoms with Crippen molar-refractivity contribution in [3.8, 4) is 0 Å². The molecule has 0 aromatic carbocycles. The summed E-state index contributed by atoms with van der Waals surface area (Å²) in [6.45, 7) is 4.18. The first-order valence-electron chi connectivity index (χ1n) is 6.20. The average molecular weight is 493 g/mol. The summed E-state index contributed by atoms with van der Waals surface area (Å²) < 4.78 is 9.73. The van der Waals surface area contributed by atoms with E-state index in [-0.39, 0.29) is 51.7 Å². The van der Waals surface area contributed by atoms with Gasteiger partial charge in [0, 0.05) is 10.3 Å². The molecule has 0 saturated carbocycles. The van der Waals surface area contributed by atoms with Gasteiger partial charge >= 0.3 is 11.9 Å². The zero-order valence-corrected chi connectivity index (χ0v) is 17.6. The van der Waals surface area contributed by atoms with E-state index in [0.29, 0.717) is 17.6 Å². The van der Waals surface area contributed by atoms with E-state index in [2.05, 4.69) is 9.47 Å². The second-order valence-corrected chi connectivity index (χ2v) is 4.82. The van der Waals surface area contributed by atoms with Crippen LogP contribution in [0.2, 0.25) is 0 Å². The number of hydrogen-bond donors (Lipinski definition) is 2. The monoisotopic (exact) mass is 492 g/mol. The van der Waals surface area contributed by atoms with Crippen LogP contribution in [0.1, 0.15) is 26.7 Å². The third kappa shape index (κ3) is 22.9. The van der Waals surface area contributed by atoms with Crippen LogP contribution < -0.4 is 0 Å². The van der Waals surface area contributed by atoms with Gasteiger partial charge in [0.15, 0.2) is 0 Å². The van der Waals surface area contributed by atoms with Crippen LogP contribution in [-0.4, -0.2) is 57.9 Å². The normalized spacial score (nSPS) is 11.5. The molecule has 0 fully saturated rings. The number of carbonyl (C=O) groups excluding carboxylic acids is 2. The molecule has 0 bridgehead atoms. The Kier molecular flexibility index (Phi) is 29.9. The van der Waals surface area contributed by atoms with Crippen LogP contribution in [0.4, 0.5) is 0 Å². The number of carbonyl (C=O) groups is 2. The van der Waals surface area contributed by atoms with Gasteiger partial charge in [-0.15, -0.1) is 11.6 Å².